The predicted molar refractivity (Wildman–Crippen MR) is 84.8 cm³/mol. The van der Waals surface area contributed by atoms with Crippen LogP contribution in [-0.2, 0) is 4.79 Å². The van der Waals surface area contributed by atoms with E-state index < -0.39 is 0 Å². The van der Waals surface area contributed by atoms with E-state index in [0.717, 1.165) is 5.56 Å². The summed E-state index contributed by atoms with van der Waals surface area (Å²) in [5.74, 6) is -0.209. The molecule has 2 aromatic carbocycles. The predicted octanol–water partition coefficient (Wildman–Crippen LogP) is 4.25. The fourth-order valence-corrected chi connectivity index (χ4v) is 1.99. The molecule has 108 valence electrons. The Balaban J connectivity index is 1.84. The van der Waals surface area contributed by atoms with Crippen molar-refractivity contribution < 1.29 is 9.59 Å². The number of Topliss-reactive ketones (excluding diaryl/α,β-unsaturated/α-hetero) is 1. The Kier molecular flexibility index (Phi) is 5.12. The monoisotopic (exact) mass is 301 g/mol. The van der Waals surface area contributed by atoms with Crippen LogP contribution in [0.1, 0.15) is 28.8 Å². The maximum atomic E-state index is 12.0. The molecule has 0 saturated carbocycles. The fraction of sp³-hybridized carbons (Fsp3) is 0.176. The Morgan fingerprint density at radius 3 is 2.19 bits per heavy atom. The van der Waals surface area contributed by atoms with E-state index in [2.05, 4.69) is 5.32 Å². The standard InChI is InChI=1S/C17H16ClNO2/c1-12-2-4-13(5-3-12)16(20)10-11-17(21)19-15-8-6-14(18)7-9-15/h2-9H,10-11H2,1H3,(H,19,21). The van der Waals surface area contributed by atoms with Crippen LogP contribution >= 0.6 is 11.6 Å². The summed E-state index contributed by atoms with van der Waals surface area (Å²) >= 11 is 5.77. The van der Waals surface area contributed by atoms with E-state index in [0.29, 0.717) is 16.3 Å². The number of anilines is 1. The SMILES string of the molecule is Cc1ccc(C(=O)CCC(=O)Nc2ccc(Cl)cc2)cc1. The van der Waals surface area contributed by atoms with Crippen molar-refractivity contribution in [3.05, 3.63) is 64.7 Å². The van der Waals surface area contributed by atoms with E-state index in [9.17, 15) is 9.59 Å². The number of amides is 1. The largest absolute Gasteiger partial charge is 0.326 e. The Hall–Kier alpha value is -2.13. The van der Waals surface area contributed by atoms with Gasteiger partial charge in [-0.05, 0) is 31.2 Å². The van der Waals surface area contributed by atoms with Crippen LogP contribution in [0.15, 0.2) is 48.5 Å². The van der Waals surface area contributed by atoms with Gasteiger partial charge in [-0.15, -0.1) is 0 Å². The molecule has 3 nitrogen and oxygen atoms in total. The number of carbonyl (C=O) groups excluding carboxylic acids is 2. The van der Waals surface area contributed by atoms with Crippen molar-refractivity contribution in [1.82, 2.24) is 0 Å². The molecule has 0 aliphatic rings. The number of aryl methyl sites for hydroxylation is 1. The fourth-order valence-electron chi connectivity index (χ4n) is 1.87. The maximum absolute atomic E-state index is 12.0. The molecule has 2 aromatic rings. The summed E-state index contributed by atoms with van der Waals surface area (Å²) in [5, 5.41) is 3.35. The lowest BCUT2D eigenvalue weighted by Crippen LogP contribution is -2.13. The number of hydrogen-bond donors (Lipinski definition) is 1. The Bertz CT molecular complexity index is 633. The van der Waals surface area contributed by atoms with Crippen molar-refractivity contribution in [2.45, 2.75) is 19.8 Å². The van der Waals surface area contributed by atoms with Crippen LogP contribution in [0.5, 0.6) is 0 Å². The van der Waals surface area contributed by atoms with Crippen molar-refractivity contribution >= 4 is 29.0 Å². The second kappa shape index (κ2) is 7.04. The quantitative estimate of drug-likeness (QED) is 0.839. The molecule has 21 heavy (non-hydrogen) atoms. The van der Waals surface area contributed by atoms with E-state index in [1.165, 1.54) is 0 Å². The van der Waals surface area contributed by atoms with Gasteiger partial charge in [-0.25, -0.2) is 0 Å². The van der Waals surface area contributed by atoms with Crippen molar-refractivity contribution in [3.63, 3.8) is 0 Å². The van der Waals surface area contributed by atoms with E-state index in [4.69, 9.17) is 11.6 Å². The van der Waals surface area contributed by atoms with Gasteiger partial charge in [-0.1, -0.05) is 41.4 Å². The van der Waals surface area contributed by atoms with E-state index in [1.54, 1.807) is 36.4 Å². The van der Waals surface area contributed by atoms with Gasteiger partial charge in [0.25, 0.3) is 0 Å². The molecule has 0 aromatic heterocycles. The third kappa shape index (κ3) is 4.72. The summed E-state index contributed by atoms with van der Waals surface area (Å²) in [6.45, 7) is 1.97. The molecule has 0 saturated heterocycles. The molecule has 0 bridgehead atoms. The van der Waals surface area contributed by atoms with Gasteiger partial charge in [0.05, 0.1) is 0 Å². The van der Waals surface area contributed by atoms with E-state index in [-0.39, 0.29) is 24.5 Å². The van der Waals surface area contributed by atoms with Gasteiger partial charge in [-0.2, -0.15) is 0 Å². The highest BCUT2D eigenvalue weighted by Gasteiger charge is 2.09. The summed E-state index contributed by atoms with van der Waals surface area (Å²) in [5.41, 5.74) is 2.42. The highest BCUT2D eigenvalue weighted by molar-refractivity contribution is 6.30. The molecule has 1 N–H and O–H groups in total. The van der Waals surface area contributed by atoms with Gasteiger partial charge in [0, 0.05) is 29.1 Å². The number of benzene rings is 2. The molecule has 2 rings (SSSR count). The van der Waals surface area contributed by atoms with Crippen LogP contribution in [0.3, 0.4) is 0 Å². The smallest absolute Gasteiger partial charge is 0.224 e. The third-order valence-corrected chi connectivity index (χ3v) is 3.33. The number of halogens is 1. The first-order valence-electron chi connectivity index (χ1n) is 6.70. The highest BCUT2D eigenvalue weighted by atomic mass is 35.5. The molecule has 0 radical (unpaired) electrons. The van der Waals surface area contributed by atoms with Crippen molar-refractivity contribution in [2.24, 2.45) is 0 Å². The van der Waals surface area contributed by atoms with Gasteiger partial charge >= 0.3 is 0 Å². The van der Waals surface area contributed by atoms with Crippen LogP contribution in [0.4, 0.5) is 5.69 Å². The van der Waals surface area contributed by atoms with Crippen LogP contribution in [0.25, 0.3) is 0 Å². The molecule has 4 heteroatoms. The maximum Gasteiger partial charge on any atom is 0.224 e. The van der Waals surface area contributed by atoms with Crippen LogP contribution < -0.4 is 5.32 Å². The van der Waals surface area contributed by atoms with Gasteiger partial charge in [0.1, 0.15) is 0 Å². The van der Waals surface area contributed by atoms with Crippen molar-refractivity contribution in [3.8, 4) is 0 Å². The number of hydrogen-bond acceptors (Lipinski definition) is 2. The summed E-state index contributed by atoms with van der Waals surface area (Å²) < 4.78 is 0. The van der Waals surface area contributed by atoms with Crippen molar-refractivity contribution in [2.75, 3.05) is 5.32 Å². The highest BCUT2D eigenvalue weighted by Crippen LogP contribution is 2.14. The molecule has 1 amide bonds. The van der Waals surface area contributed by atoms with Crippen LogP contribution in [-0.4, -0.2) is 11.7 Å². The van der Waals surface area contributed by atoms with Gasteiger partial charge < -0.3 is 5.32 Å². The number of nitrogens with one attached hydrogen (secondary N) is 1. The first kappa shape index (κ1) is 15.3. The summed E-state index contributed by atoms with van der Waals surface area (Å²) in [6, 6.07) is 14.2. The summed E-state index contributed by atoms with van der Waals surface area (Å²) in [4.78, 5) is 23.8. The lowest BCUT2D eigenvalue weighted by atomic mass is 10.0. The molecule has 0 heterocycles. The van der Waals surface area contributed by atoms with Gasteiger partial charge in [0.2, 0.25) is 5.91 Å². The van der Waals surface area contributed by atoms with Crippen LogP contribution in [0.2, 0.25) is 5.02 Å². The van der Waals surface area contributed by atoms with E-state index in [1.807, 2.05) is 19.1 Å². The lowest BCUT2D eigenvalue weighted by Gasteiger charge is -2.05. The molecule has 0 aliphatic carbocycles. The molecule has 0 spiro atoms. The Labute approximate surface area is 128 Å². The van der Waals surface area contributed by atoms with Gasteiger partial charge in [0.15, 0.2) is 5.78 Å². The number of rotatable bonds is 5. The first-order valence-corrected chi connectivity index (χ1v) is 7.08. The summed E-state index contributed by atoms with van der Waals surface area (Å²) in [6.07, 6.45) is 0.359. The summed E-state index contributed by atoms with van der Waals surface area (Å²) in [7, 11) is 0. The normalized spacial score (nSPS) is 10.2. The number of carbonyl (C=O) groups is 2. The Morgan fingerprint density at radius 2 is 1.57 bits per heavy atom. The van der Waals surface area contributed by atoms with Crippen molar-refractivity contribution in [1.29, 1.82) is 0 Å². The molecule has 0 fully saturated rings. The minimum absolute atomic E-state index is 0.0266. The average molecular weight is 302 g/mol. The second-order valence-electron chi connectivity index (χ2n) is 4.84. The van der Waals surface area contributed by atoms with E-state index >= 15 is 0 Å². The average Bonchev–Trinajstić information content (AvgIpc) is 2.48. The Morgan fingerprint density at radius 1 is 0.952 bits per heavy atom. The molecule has 0 unspecified atom stereocenters. The zero-order chi connectivity index (χ0) is 15.2. The second-order valence-corrected chi connectivity index (χ2v) is 5.28. The first-order chi connectivity index (χ1) is 10.0. The molecular weight excluding hydrogens is 286 g/mol. The zero-order valence-corrected chi connectivity index (χ0v) is 12.5. The zero-order valence-electron chi connectivity index (χ0n) is 11.7. The molecular formula is C17H16ClNO2. The van der Waals surface area contributed by atoms with Gasteiger partial charge in [-0.3, -0.25) is 9.59 Å². The lowest BCUT2D eigenvalue weighted by molar-refractivity contribution is -0.116. The number of ketones is 1. The minimum Gasteiger partial charge on any atom is -0.326 e. The molecule has 0 aliphatic heterocycles. The van der Waals surface area contributed by atoms with Crippen LogP contribution in [0, 0.1) is 6.92 Å². The topological polar surface area (TPSA) is 46.2 Å². The molecule has 0 atom stereocenters. The third-order valence-electron chi connectivity index (χ3n) is 3.08. The minimum atomic E-state index is -0.183.